The van der Waals surface area contributed by atoms with Crippen molar-refractivity contribution in [2.45, 2.75) is 62.0 Å². The molecule has 0 spiro atoms. The molecule has 2 aliphatic rings. The molecular formula is C32H36N4O5S. The summed E-state index contributed by atoms with van der Waals surface area (Å²) in [5.74, 6) is 0.166. The van der Waals surface area contributed by atoms with Gasteiger partial charge in [0.15, 0.2) is 15.8 Å². The first kappa shape index (κ1) is 29.3. The molecule has 0 aliphatic carbocycles. The number of nitrogens with one attached hydrogen (secondary N) is 3. The number of rotatable bonds is 8. The smallest absolute Gasteiger partial charge is 0.251 e. The summed E-state index contributed by atoms with van der Waals surface area (Å²) < 4.78 is 30.6. The highest BCUT2D eigenvalue weighted by atomic mass is 32.2. The number of hydrogen-bond acceptors (Lipinski definition) is 6. The minimum absolute atomic E-state index is 0.0571. The van der Waals surface area contributed by atoms with Gasteiger partial charge >= 0.3 is 0 Å². The molecule has 5 rings (SSSR count). The molecule has 220 valence electrons. The Labute approximate surface area is 246 Å². The van der Waals surface area contributed by atoms with Crippen molar-refractivity contribution in [3.63, 3.8) is 0 Å². The zero-order valence-electron chi connectivity index (χ0n) is 24.0. The van der Waals surface area contributed by atoms with Gasteiger partial charge in [0.2, 0.25) is 5.91 Å². The predicted octanol–water partition coefficient (Wildman–Crippen LogP) is 4.75. The molecule has 3 aromatic carbocycles. The van der Waals surface area contributed by atoms with E-state index in [1.807, 2.05) is 38.1 Å². The van der Waals surface area contributed by atoms with Crippen molar-refractivity contribution in [1.29, 1.82) is 5.41 Å². The monoisotopic (exact) mass is 588 g/mol. The fourth-order valence-corrected chi connectivity index (χ4v) is 6.47. The van der Waals surface area contributed by atoms with Crippen LogP contribution < -0.4 is 15.4 Å². The molecule has 0 bridgehead atoms. The Morgan fingerprint density at radius 1 is 1.07 bits per heavy atom. The van der Waals surface area contributed by atoms with Gasteiger partial charge in [-0.05, 0) is 54.3 Å². The summed E-state index contributed by atoms with van der Waals surface area (Å²) in [6, 6.07) is 19.9. The van der Waals surface area contributed by atoms with E-state index in [0.717, 1.165) is 17.6 Å². The van der Waals surface area contributed by atoms with E-state index in [9.17, 15) is 18.0 Å². The minimum atomic E-state index is -3.53. The summed E-state index contributed by atoms with van der Waals surface area (Å²) in [7, 11) is -3.53. The van der Waals surface area contributed by atoms with E-state index in [4.69, 9.17) is 10.1 Å². The highest BCUT2D eigenvalue weighted by molar-refractivity contribution is 7.90. The van der Waals surface area contributed by atoms with Crippen molar-refractivity contribution >= 4 is 27.6 Å². The van der Waals surface area contributed by atoms with E-state index in [1.165, 1.54) is 17.0 Å². The molecular weight excluding hydrogens is 552 g/mol. The molecule has 9 nitrogen and oxygen atoms in total. The van der Waals surface area contributed by atoms with Gasteiger partial charge in [-0.25, -0.2) is 8.42 Å². The van der Waals surface area contributed by atoms with Crippen LogP contribution in [0.4, 0.5) is 0 Å². The maximum Gasteiger partial charge on any atom is 0.251 e. The van der Waals surface area contributed by atoms with E-state index < -0.39 is 21.4 Å². The van der Waals surface area contributed by atoms with Crippen LogP contribution in [0.3, 0.4) is 0 Å². The van der Waals surface area contributed by atoms with E-state index >= 15 is 0 Å². The molecule has 10 heteroatoms. The summed E-state index contributed by atoms with van der Waals surface area (Å²) in [4.78, 5) is 28.7. The Bertz CT molecular complexity index is 1610. The molecule has 2 heterocycles. The molecule has 3 aromatic rings. The number of carbonyl (C=O) groups is 2. The number of hydrogen-bond donors (Lipinski definition) is 3. The first-order chi connectivity index (χ1) is 20.0. The first-order valence-electron chi connectivity index (χ1n) is 14.2. The van der Waals surface area contributed by atoms with Gasteiger partial charge in [-0.3, -0.25) is 19.9 Å². The summed E-state index contributed by atoms with van der Waals surface area (Å²) in [6.07, 6.45) is 3.29. The number of nitrogens with zero attached hydrogens (tertiary/aromatic N) is 1. The average molecular weight is 589 g/mol. The summed E-state index contributed by atoms with van der Waals surface area (Å²) in [5, 5.41) is 15.3. The number of fused-ring (bicyclic) bond motifs is 1. The maximum atomic E-state index is 13.7. The topological polar surface area (TPSA) is 129 Å². The van der Waals surface area contributed by atoms with E-state index in [1.54, 1.807) is 36.4 Å². The van der Waals surface area contributed by atoms with Gasteiger partial charge in [0.1, 0.15) is 5.75 Å². The highest BCUT2D eigenvalue weighted by Crippen LogP contribution is 2.36. The Hall–Kier alpha value is -4.18. The maximum absolute atomic E-state index is 13.7. The fourth-order valence-electron chi connectivity index (χ4n) is 5.79. The lowest BCUT2D eigenvalue weighted by molar-refractivity contribution is -0.132. The molecule has 0 radical (unpaired) electrons. The Morgan fingerprint density at radius 2 is 1.76 bits per heavy atom. The molecule has 0 unspecified atom stereocenters. The van der Waals surface area contributed by atoms with Crippen LogP contribution in [0.15, 0.2) is 77.7 Å². The Morgan fingerprint density at radius 3 is 2.45 bits per heavy atom. The number of amides is 2. The van der Waals surface area contributed by atoms with E-state index in [2.05, 4.69) is 10.6 Å². The second-order valence-electron chi connectivity index (χ2n) is 11.0. The molecule has 1 fully saturated rings. The van der Waals surface area contributed by atoms with Crippen LogP contribution in [0, 0.1) is 5.41 Å². The third kappa shape index (κ3) is 5.76. The number of sulfone groups is 1. The number of guanidine groups is 1. The second-order valence-corrected chi connectivity index (χ2v) is 13.0. The molecule has 42 heavy (non-hydrogen) atoms. The number of benzene rings is 3. The SMILES string of the molecule is CCC1(CC)CC(=O)N([C@H](c2cccc(C(=O)N[C@H]3CCOc4ccccc43)c2)c2cccc(S(C)(=O)=O)c2)C(=N)N1. The van der Waals surface area contributed by atoms with Crippen molar-refractivity contribution in [3.05, 3.63) is 95.1 Å². The average Bonchev–Trinajstić information content (AvgIpc) is 2.98. The third-order valence-corrected chi connectivity index (χ3v) is 9.44. The van der Waals surface area contributed by atoms with Crippen LogP contribution >= 0.6 is 0 Å². The minimum Gasteiger partial charge on any atom is -0.493 e. The Kier molecular flexibility index (Phi) is 8.10. The zero-order valence-corrected chi connectivity index (χ0v) is 24.8. The standard InChI is InChI=1S/C32H36N4O5S/c1-4-32(5-2)20-28(37)36(31(33)35-32)29(22-11-9-13-24(19-22)42(3,39)40)21-10-8-12-23(18-21)30(38)34-26-16-17-41-27-15-7-6-14-25(26)27/h6-15,18-19,26,29H,4-5,16-17,20H2,1-3H3,(H2,33,35)(H,34,38)/t26-,29+/m0/s1. The van der Waals surface area contributed by atoms with Crippen LogP contribution in [-0.4, -0.2) is 49.5 Å². The predicted molar refractivity (Wildman–Crippen MR) is 160 cm³/mol. The molecule has 0 aromatic heterocycles. The fraction of sp³-hybridized carbons (Fsp3) is 0.344. The van der Waals surface area contributed by atoms with Crippen molar-refractivity contribution in [1.82, 2.24) is 15.5 Å². The highest BCUT2D eigenvalue weighted by Gasteiger charge is 2.42. The Balaban J connectivity index is 1.53. The van der Waals surface area contributed by atoms with Crippen LogP contribution in [-0.2, 0) is 14.6 Å². The van der Waals surface area contributed by atoms with Gasteiger partial charge in [-0.1, -0.05) is 56.3 Å². The van der Waals surface area contributed by atoms with Gasteiger partial charge < -0.3 is 15.4 Å². The zero-order chi connectivity index (χ0) is 30.1. The van der Waals surface area contributed by atoms with Crippen molar-refractivity contribution in [2.24, 2.45) is 0 Å². The van der Waals surface area contributed by atoms with Gasteiger partial charge in [0.25, 0.3) is 5.91 Å². The molecule has 3 N–H and O–H groups in total. The molecule has 2 amide bonds. The lowest BCUT2D eigenvalue weighted by atomic mass is 9.85. The third-order valence-electron chi connectivity index (χ3n) is 8.32. The van der Waals surface area contributed by atoms with Crippen LogP contribution in [0.5, 0.6) is 5.75 Å². The molecule has 2 aliphatic heterocycles. The second kappa shape index (κ2) is 11.6. The van der Waals surface area contributed by atoms with Crippen LogP contribution in [0.25, 0.3) is 0 Å². The van der Waals surface area contributed by atoms with Crippen LogP contribution in [0.1, 0.15) is 78.7 Å². The lowest BCUT2D eigenvalue weighted by Crippen LogP contribution is -2.62. The largest absolute Gasteiger partial charge is 0.493 e. The van der Waals surface area contributed by atoms with Gasteiger partial charge in [-0.15, -0.1) is 0 Å². The number of para-hydroxylation sites is 1. The van der Waals surface area contributed by atoms with Gasteiger partial charge in [0.05, 0.1) is 30.0 Å². The summed E-state index contributed by atoms with van der Waals surface area (Å²) in [5.41, 5.74) is 1.89. The van der Waals surface area contributed by atoms with Crippen molar-refractivity contribution in [2.75, 3.05) is 12.9 Å². The van der Waals surface area contributed by atoms with Crippen LogP contribution in [0.2, 0.25) is 0 Å². The summed E-state index contributed by atoms with van der Waals surface area (Å²) >= 11 is 0. The quantitative estimate of drug-likeness (QED) is 0.349. The van der Waals surface area contributed by atoms with Crippen molar-refractivity contribution < 1.29 is 22.7 Å². The summed E-state index contributed by atoms with van der Waals surface area (Å²) in [6.45, 7) is 4.46. The number of carbonyl (C=O) groups excluding carboxylic acids is 2. The first-order valence-corrected chi connectivity index (χ1v) is 16.1. The molecule has 0 saturated carbocycles. The normalized spacial score (nSPS) is 18.8. The van der Waals surface area contributed by atoms with E-state index in [-0.39, 0.29) is 35.1 Å². The number of ether oxygens (including phenoxy) is 1. The lowest BCUT2D eigenvalue weighted by Gasteiger charge is -2.45. The molecule has 2 atom stereocenters. The van der Waals surface area contributed by atoms with E-state index in [0.29, 0.717) is 42.6 Å². The molecule has 1 saturated heterocycles. The van der Waals surface area contributed by atoms with Gasteiger partial charge in [-0.2, -0.15) is 0 Å². The van der Waals surface area contributed by atoms with Crippen molar-refractivity contribution in [3.8, 4) is 5.75 Å². The van der Waals surface area contributed by atoms with Gasteiger partial charge in [0, 0.05) is 29.3 Å².